The van der Waals surface area contributed by atoms with Gasteiger partial charge in [0.25, 0.3) is 5.56 Å². The minimum absolute atomic E-state index is 0.369. The molecule has 0 saturated carbocycles. The fourth-order valence-corrected chi connectivity index (χ4v) is 2.47. The lowest BCUT2D eigenvalue weighted by molar-refractivity contribution is -0.119. The van der Waals surface area contributed by atoms with Crippen molar-refractivity contribution in [2.45, 2.75) is 19.9 Å². The summed E-state index contributed by atoms with van der Waals surface area (Å²) in [6.45, 7) is 3.48. The van der Waals surface area contributed by atoms with Crippen molar-refractivity contribution >= 4 is 23.2 Å². The number of aromatic nitrogens is 2. The third kappa shape index (κ3) is 3.64. The van der Waals surface area contributed by atoms with E-state index >= 15 is 0 Å². The summed E-state index contributed by atoms with van der Waals surface area (Å²) in [7, 11) is 0. The zero-order valence-electron chi connectivity index (χ0n) is 13.7. The number of hydrogen-bond donors (Lipinski definition) is 1. The Morgan fingerprint density at radius 1 is 1.28 bits per heavy atom. The molecular weight excluding hydrogens is 342 g/mol. The van der Waals surface area contributed by atoms with E-state index in [0.717, 1.165) is 10.2 Å². The zero-order valence-corrected chi connectivity index (χ0v) is 14.4. The molecule has 0 saturated heterocycles. The number of hydrogen-bond acceptors (Lipinski definition) is 4. The van der Waals surface area contributed by atoms with Gasteiger partial charge in [0, 0.05) is 16.8 Å². The first kappa shape index (κ1) is 17.0. The number of rotatable bonds is 4. The van der Waals surface area contributed by atoms with Crippen LogP contribution in [-0.4, -0.2) is 15.7 Å². The van der Waals surface area contributed by atoms with Gasteiger partial charge in [-0.05, 0) is 49.7 Å². The van der Waals surface area contributed by atoms with E-state index in [1.54, 1.807) is 37.3 Å². The van der Waals surface area contributed by atoms with E-state index in [-0.39, 0.29) is 11.5 Å². The Balaban J connectivity index is 1.85. The van der Waals surface area contributed by atoms with Gasteiger partial charge in [0.2, 0.25) is 5.91 Å². The second-order valence-electron chi connectivity index (χ2n) is 5.61. The molecule has 2 heterocycles. The molecule has 2 aromatic heterocycles. The van der Waals surface area contributed by atoms with Crippen LogP contribution in [0.5, 0.6) is 0 Å². The lowest BCUT2D eigenvalue weighted by Gasteiger charge is -2.15. The Bertz CT molecular complexity index is 964. The molecule has 1 amide bonds. The molecule has 128 valence electrons. The average Bonchev–Trinajstić information content (AvgIpc) is 3.12. The molecule has 6 nitrogen and oxygen atoms in total. The van der Waals surface area contributed by atoms with E-state index in [1.807, 2.05) is 13.0 Å². The molecule has 0 spiro atoms. The summed E-state index contributed by atoms with van der Waals surface area (Å²) in [4.78, 5) is 24.6. The number of amides is 1. The summed E-state index contributed by atoms with van der Waals surface area (Å²) in [6.07, 6.45) is 1.52. The van der Waals surface area contributed by atoms with Crippen molar-refractivity contribution in [2.75, 3.05) is 5.32 Å². The number of carbonyl (C=O) groups excluding carboxylic acids is 1. The average molecular weight is 358 g/mol. The summed E-state index contributed by atoms with van der Waals surface area (Å²) >= 11 is 6.07. The number of carbonyl (C=O) groups is 1. The molecule has 1 unspecified atom stereocenters. The molecule has 0 radical (unpaired) electrons. The normalized spacial score (nSPS) is 12.0. The van der Waals surface area contributed by atoms with Crippen LogP contribution in [0.4, 0.5) is 5.69 Å². The number of nitrogens with one attached hydrogen (secondary N) is 1. The predicted molar refractivity (Wildman–Crippen MR) is 95.7 cm³/mol. The molecule has 0 fully saturated rings. The monoisotopic (exact) mass is 357 g/mol. The van der Waals surface area contributed by atoms with Crippen LogP contribution in [0.15, 0.2) is 57.9 Å². The van der Waals surface area contributed by atoms with Gasteiger partial charge in [-0.1, -0.05) is 17.7 Å². The van der Waals surface area contributed by atoms with E-state index < -0.39 is 6.04 Å². The summed E-state index contributed by atoms with van der Waals surface area (Å²) in [5.74, 6) is 0.151. The second kappa shape index (κ2) is 6.94. The highest BCUT2D eigenvalue weighted by atomic mass is 35.5. The molecule has 25 heavy (non-hydrogen) atoms. The maximum Gasteiger partial charge on any atom is 0.267 e. The quantitative estimate of drug-likeness (QED) is 0.772. The molecule has 0 aliphatic rings. The van der Waals surface area contributed by atoms with Gasteiger partial charge in [0.1, 0.15) is 11.7 Å². The third-order valence-electron chi connectivity index (χ3n) is 3.78. The first-order valence-corrected chi connectivity index (χ1v) is 8.04. The van der Waals surface area contributed by atoms with Crippen molar-refractivity contribution in [3.8, 4) is 11.5 Å². The molecule has 0 aliphatic carbocycles. The van der Waals surface area contributed by atoms with Gasteiger partial charge in [-0.25, -0.2) is 4.68 Å². The SMILES string of the molecule is Cc1ccc(NC(=O)C(C)n2nc(-c3ccco3)ccc2=O)cc1Cl. The molecule has 0 bridgehead atoms. The summed E-state index contributed by atoms with van der Waals surface area (Å²) < 4.78 is 6.41. The fourth-order valence-electron chi connectivity index (χ4n) is 2.29. The van der Waals surface area contributed by atoms with Crippen LogP contribution in [0, 0.1) is 6.92 Å². The molecule has 3 aromatic rings. The summed E-state index contributed by atoms with van der Waals surface area (Å²) in [6, 6.07) is 10.8. The number of anilines is 1. The van der Waals surface area contributed by atoms with Gasteiger partial charge in [0.15, 0.2) is 5.76 Å². The van der Waals surface area contributed by atoms with Crippen LogP contribution in [0.3, 0.4) is 0 Å². The van der Waals surface area contributed by atoms with Gasteiger partial charge in [-0.3, -0.25) is 9.59 Å². The highest BCUT2D eigenvalue weighted by Crippen LogP contribution is 2.21. The van der Waals surface area contributed by atoms with Crippen molar-refractivity contribution in [3.05, 3.63) is 69.7 Å². The Morgan fingerprint density at radius 2 is 2.08 bits per heavy atom. The van der Waals surface area contributed by atoms with Crippen molar-refractivity contribution in [3.63, 3.8) is 0 Å². The molecule has 1 aromatic carbocycles. The number of nitrogens with zero attached hydrogens (tertiary/aromatic N) is 2. The minimum Gasteiger partial charge on any atom is -0.463 e. The minimum atomic E-state index is -0.803. The van der Waals surface area contributed by atoms with Gasteiger partial charge < -0.3 is 9.73 Å². The largest absolute Gasteiger partial charge is 0.463 e. The Hall–Kier alpha value is -2.86. The second-order valence-corrected chi connectivity index (χ2v) is 6.02. The number of benzene rings is 1. The lowest BCUT2D eigenvalue weighted by Crippen LogP contribution is -2.33. The first-order valence-electron chi connectivity index (χ1n) is 7.66. The van der Waals surface area contributed by atoms with Crippen LogP contribution in [0.1, 0.15) is 18.5 Å². The van der Waals surface area contributed by atoms with E-state index in [9.17, 15) is 9.59 Å². The van der Waals surface area contributed by atoms with Crippen molar-refractivity contribution < 1.29 is 9.21 Å². The first-order chi connectivity index (χ1) is 12.0. The highest BCUT2D eigenvalue weighted by molar-refractivity contribution is 6.31. The Labute approximate surface area is 149 Å². The maximum absolute atomic E-state index is 12.5. The van der Waals surface area contributed by atoms with Crippen LogP contribution >= 0.6 is 11.6 Å². The number of halogens is 1. The van der Waals surface area contributed by atoms with Crippen LogP contribution in [-0.2, 0) is 4.79 Å². The maximum atomic E-state index is 12.5. The van der Waals surface area contributed by atoms with E-state index in [0.29, 0.717) is 22.2 Å². The Kier molecular flexibility index (Phi) is 4.72. The van der Waals surface area contributed by atoms with Crippen molar-refractivity contribution in [1.29, 1.82) is 0 Å². The van der Waals surface area contributed by atoms with E-state index in [2.05, 4.69) is 10.4 Å². The predicted octanol–water partition coefficient (Wildman–Crippen LogP) is 3.66. The standard InChI is InChI=1S/C18H16ClN3O3/c1-11-5-6-13(10-14(11)19)20-18(24)12(2)22-17(23)8-7-15(21-22)16-4-3-9-25-16/h3-10,12H,1-2H3,(H,20,24). The van der Waals surface area contributed by atoms with Crippen molar-refractivity contribution in [2.24, 2.45) is 0 Å². The van der Waals surface area contributed by atoms with E-state index in [1.165, 1.54) is 12.3 Å². The fraction of sp³-hybridized carbons (Fsp3) is 0.167. The third-order valence-corrected chi connectivity index (χ3v) is 4.19. The smallest absolute Gasteiger partial charge is 0.267 e. The molecule has 3 rings (SSSR count). The summed E-state index contributed by atoms with van der Waals surface area (Å²) in [5, 5.41) is 7.53. The lowest BCUT2D eigenvalue weighted by atomic mass is 10.2. The van der Waals surface area contributed by atoms with E-state index in [4.69, 9.17) is 16.0 Å². The number of furan rings is 1. The van der Waals surface area contributed by atoms with Crippen LogP contribution in [0.2, 0.25) is 5.02 Å². The van der Waals surface area contributed by atoms with Crippen LogP contribution < -0.4 is 10.9 Å². The molecule has 1 atom stereocenters. The van der Waals surface area contributed by atoms with Gasteiger partial charge in [-0.2, -0.15) is 5.10 Å². The topological polar surface area (TPSA) is 77.1 Å². The summed E-state index contributed by atoms with van der Waals surface area (Å²) in [5.41, 5.74) is 1.57. The molecule has 7 heteroatoms. The highest BCUT2D eigenvalue weighted by Gasteiger charge is 2.19. The zero-order chi connectivity index (χ0) is 18.0. The van der Waals surface area contributed by atoms with Gasteiger partial charge in [0.05, 0.1) is 6.26 Å². The van der Waals surface area contributed by atoms with Gasteiger partial charge in [-0.15, -0.1) is 0 Å². The number of aryl methyl sites for hydroxylation is 1. The Morgan fingerprint density at radius 3 is 2.76 bits per heavy atom. The molecule has 0 aliphatic heterocycles. The molecule has 1 N–H and O–H groups in total. The van der Waals surface area contributed by atoms with Crippen molar-refractivity contribution in [1.82, 2.24) is 9.78 Å². The van der Waals surface area contributed by atoms with Gasteiger partial charge >= 0.3 is 0 Å². The molecular formula is C18H16ClN3O3. The van der Waals surface area contributed by atoms with Crippen LogP contribution in [0.25, 0.3) is 11.5 Å².